The topological polar surface area (TPSA) is 74.1 Å². The van der Waals surface area contributed by atoms with Gasteiger partial charge in [-0.1, -0.05) is 23.4 Å². The van der Waals surface area contributed by atoms with Gasteiger partial charge in [-0.15, -0.1) is 5.10 Å². The zero-order valence-corrected chi connectivity index (χ0v) is 14.2. The van der Waals surface area contributed by atoms with Crippen molar-refractivity contribution >= 4 is 23.4 Å². The van der Waals surface area contributed by atoms with Crippen molar-refractivity contribution in [2.45, 2.75) is 11.7 Å². The van der Waals surface area contributed by atoms with E-state index in [-0.39, 0.29) is 0 Å². The Labute approximate surface area is 138 Å². The largest absolute Gasteiger partial charge is 0.493 e. The van der Waals surface area contributed by atoms with Crippen molar-refractivity contribution in [3.8, 4) is 11.5 Å². The van der Waals surface area contributed by atoms with Crippen LogP contribution in [0.1, 0.15) is 5.56 Å². The molecular weight excluding hydrogens is 326 g/mol. The Bertz CT molecular complexity index is 622. The Morgan fingerprint density at radius 2 is 2.14 bits per heavy atom. The van der Waals surface area contributed by atoms with Gasteiger partial charge in [0.05, 0.1) is 14.2 Å². The van der Waals surface area contributed by atoms with Crippen molar-refractivity contribution in [1.82, 2.24) is 25.5 Å². The molecule has 2 aromatic rings. The molecular formula is C13H18ClN5O2S. The third-order valence-electron chi connectivity index (χ3n) is 2.93. The van der Waals surface area contributed by atoms with Crippen molar-refractivity contribution in [2.75, 3.05) is 26.5 Å². The number of benzene rings is 1. The summed E-state index contributed by atoms with van der Waals surface area (Å²) in [6.45, 7) is 1.44. The van der Waals surface area contributed by atoms with Crippen LogP contribution < -0.4 is 14.8 Å². The highest BCUT2D eigenvalue weighted by molar-refractivity contribution is 7.99. The standard InChI is InChI=1S/C13H18ClN5O2S/c1-19-13(16-17-18-19)22-5-4-15-8-9-6-10(14)7-11(20-2)12(9)21-3/h6-7,15H,4-5,8H2,1-3H3. The number of aryl methyl sites for hydroxylation is 1. The smallest absolute Gasteiger partial charge is 0.209 e. The average molecular weight is 344 g/mol. The van der Waals surface area contributed by atoms with E-state index in [2.05, 4.69) is 20.8 Å². The van der Waals surface area contributed by atoms with E-state index < -0.39 is 0 Å². The summed E-state index contributed by atoms with van der Waals surface area (Å²) in [6.07, 6.45) is 0. The zero-order chi connectivity index (χ0) is 15.9. The van der Waals surface area contributed by atoms with E-state index in [1.54, 1.807) is 36.7 Å². The average Bonchev–Trinajstić information content (AvgIpc) is 2.91. The van der Waals surface area contributed by atoms with E-state index in [1.165, 1.54) is 0 Å². The number of nitrogens with one attached hydrogen (secondary N) is 1. The molecule has 0 spiro atoms. The number of hydrogen-bond donors (Lipinski definition) is 1. The van der Waals surface area contributed by atoms with Gasteiger partial charge in [-0.25, -0.2) is 4.68 Å². The molecule has 1 N–H and O–H groups in total. The van der Waals surface area contributed by atoms with Crippen LogP contribution in [0, 0.1) is 0 Å². The molecule has 9 heteroatoms. The van der Waals surface area contributed by atoms with Crippen molar-refractivity contribution in [1.29, 1.82) is 0 Å². The molecule has 2 rings (SSSR count). The van der Waals surface area contributed by atoms with E-state index in [1.807, 2.05) is 13.1 Å². The molecule has 0 radical (unpaired) electrons. The SMILES string of the molecule is COc1cc(Cl)cc(CNCCSc2nnnn2C)c1OC. The third-order valence-corrected chi connectivity index (χ3v) is 4.16. The molecule has 0 aliphatic rings. The van der Waals surface area contributed by atoms with Gasteiger partial charge in [-0.3, -0.25) is 0 Å². The quantitative estimate of drug-likeness (QED) is 0.578. The second kappa shape index (κ2) is 8.21. The number of ether oxygens (including phenoxy) is 2. The first-order valence-corrected chi connectivity index (χ1v) is 7.98. The number of tetrazole rings is 1. The number of thioether (sulfide) groups is 1. The molecule has 7 nitrogen and oxygen atoms in total. The van der Waals surface area contributed by atoms with Crippen LogP contribution in [-0.2, 0) is 13.6 Å². The van der Waals surface area contributed by atoms with Crippen LogP contribution in [0.4, 0.5) is 0 Å². The van der Waals surface area contributed by atoms with Crippen LogP contribution >= 0.6 is 23.4 Å². The molecule has 0 unspecified atom stereocenters. The minimum atomic E-state index is 0.619. The van der Waals surface area contributed by atoms with Gasteiger partial charge >= 0.3 is 0 Å². The van der Waals surface area contributed by atoms with Crippen LogP contribution in [0.5, 0.6) is 11.5 Å². The lowest BCUT2D eigenvalue weighted by atomic mass is 10.2. The maximum Gasteiger partial charge on any atom is 0.209 e. The summed E-state index contributed by atoms with van der Waals surface area (Å²) in [5, 5.41) is 16.1. The fourth-order valence-electron chi connectivity index (χ4n) is 1.92. The monoisotopic (exact) mass is 343 g/mol. The lowest BCUT2D eigenvalue weighted by Gasteiger charge is -2.14. The van der Waals surface area contributed by atoms with E-state index in [0.29, 0.717) is 23.1 Å². The summed E-state index contributed by atoms with van der Waals surface area (Å²) in [5.74, 6) is 2.18. The van der Waals surface area contributed by atoms with E-state index >= 15 is 0 Å². The van der Waals surface area contributed by atoms with Crippen LogP contribution in [0.3, 0.4) is 0 Å². The van der Waals surface area contributed by atoms with Gasteiger partial charge in [-0.05, 0) is 16.5 Å². The molecule has 0 aliphatic heterocycles. The van der Waals surface area contributed by atoms with Gasteiger partial charge in [0.25, 0.3) is 0 Å². The van der Waals surface area contributed by atoms with Gasteiger partial charge < -0.3 is 14.8 Å². The molecule has 0 aliphatic carbocycles. The Morgan fingerprint density at radius 1 is 1.32 bits per heavy atom. The first-order chi connectivity index (χ1) is 10.7. The minimum Gasteiger partial charge on any atom is -0.493 e. The maximum atomic E-state index is 6.09. The Balaban J connectivity index is 1.86. The highest BCUT2D eigenvalue weighted by Gasteiger charge is 2.11. The zero-order valence-electron chi connectivity index (χ0n) is 12.7. The number of methoxy groups -OCH3 is 2. The molecule has 22 heavy (non-hydrogen) atoms. The van der Waals surface area contributed by atoms with Crippen molar-refractivity contribution < 1.29 is 9.47 Å². The molecule has 120 valence electrons. The van der Waals surface area contributed by atoms with Crippen molar-refractivity contribution in [3.05, 3.63) is 22.7 Å². The lowest BCUT2D eigenvalue weighted by molar-refractivity contribution is 0.351. The van der Waals surface area contributed by atoms with Crippen LogP contribution in [0.2, 0.25) is 5.02 Å². The molecule has 0 fully saturated rings. The maximum absolute atomic E-state index is 6.09. The molecule has 1 aromatic heterocycles. The van der Waals surface area contributed by atoms with Gasteiger partial charge in [0.15, 0.2) is 11.5 Å². The molecule has 0 saturated carbocycles. The van der Waals surface area contributed by atoms with E-state index in [0.717, 1.165) is 23.0 Å². The third kappa shape index (κ3) is 4.25. The molecule has 1 heterocycles. The Morgan fingerprint density at radius 3 is 2.77 bits per heavy atom. The fourth-order valence-corrected chi connectivity index (χ4v) is 2.90. The number of rotatable bonds is 8. The van der Waals surface area contributed by atoms with Crippen LogP contribution in [-0.4, -0.2) is 46.7 Å². The molecule has 0 saturated heterocycles. The second-order valence-electron chi connectivity index (χ2n) is 4.41. The van der Waals surface area contributed by atoms with Crippen LogP contribution in [0.25, 0.3) is 0 Å². The van der Waals surface area contributed by atoms with Gasteiger partial charge in [0, 0.05) is 42.5 Å². The van der Waals surface area contributed by atoms with Gasteiger partial charge in [0.1, 0.15) is 0 Å². The number of hydrogen-bond acceptors (Lipinski definition) is 7. The summed E-state index contributed by atoms with van der Waals surface area (Å²) in [5.41, 5.74) is 0.956. The minimum absolute atomic E-state index is 0.619. The van der Waals surface area contributed by atoms with Crippen molar-refractivity contribution in [3.63, 3.8) is 0 Å². The number of halogens is 1. The lowest BCUT2D eigenvalue weighted by Crippen LogP contribution is -2.17. The van der Waals surface area contributed by atoms with Crippen LogP contribution in [0.15, 0.2) is 17.3 Å². The Kier molecular flexibility index (Phi) is 6.29. The Hall–Kier alpha value is -1.51. The normalized spacial score (nSPS) is 10.7. The number of aromatic nitrogens is 4. The summed E-state index contributed by atoms with van der Waals surface area (Å²) < 4.78 is 12.3. The first kappa shape index (κ1) is 16.9. The van der Waals surface area contributed by atoms with Gasteiger partial charge in [0.2, 0.25) is 5.16 Å². The molecule has 1 aromatic carbocycles. The van der Waals surface area contributed by atoms with E-state index in [4.69, 9.17) is 21.1 Å². The molecule has 0 bridgehead atoms. The van der Waals surface area contributed by atoms with Crippen molar-refractivity contribution in [2.24, 2.45) is 7.05 Å². The highest BCUT2D eigenvalue weighted by atomic mass is 35.5. The summed E-state index contributed by atoms with van der Waals surface area (Å²) in [6, 6.07) is 3.61. The second-order valence-corrected chi connectivity index (χ2v) is 5.91. The van der Waals surface area contributed by atoms with E-state index in [9.17, 15) is 0 Å². The number of nitrogens with zero attached hydrogens (tertiary/aromatic N) is 4. The molecule has 0 atom stereocenters. The fraction of sp³-hybridized carbons (Fsp3) is 0.462. The summed E-state index contributed by atoms with van der Waals surface area (Å²) >= 11 is 7.68. The predicted octanol–water partition coefficient (Wildman–Crippen LogP) is 1.76. The summed E-state index contributed by atoms with van der Waals surface area (Å²) in [7, 11) is 5.03. The highest BCUT2D eigenvalue weighted by Crippen LogP contribution is 2.34. The predicted molar refractivity (Wildman–Crippen MR) is 85.8 cm³/mol. The summed E-state index contributed by atoms with van der Waals surface area (Å²) in [4.78, 5) is 0. The first-order valence-electron chi connectivity index (χ1n) is 6.62. The van der Waals surface area contributed by atoms with Gasteiger partial charge in [-0.2, -0.15) is 0 Å². The molecule has 0 amide bonds.